The number of hydrogen-bond acceptors (Lipinski definition) is 6. The quantitative estimate of drug-likeness (QED) is 0.169. The number of nitrogens with zero attached hydrogens (tertiary/aromatic N) is 1. The van der Waals surface area contributed by atoms with Crippen molar-refractivity contribution in [2.45, 2.75) is 6.92 Å². The Morgan fingerprint density at radius 3 is 2.34 bits per heavy atom. The van der Waals surface area contributed by atoms with Crippen LogP contribution in [-0.2, 0) is 4.74 Å². The third-order valence-corrected chi connectivity index (χ3v) is 4.62. The SMILES string of the molecule is CCOC(=O)c1ccc([N+](=O)[O-])cc1-c1ccccc1C(=O)Nc1ccc(C(=N)N)cc1. The highest BCUT2D eigenvalue weighted by Crippen LogP contribution is 2.31. The Morgan fingerprint density at radius 2 is 1.72 bits per heavy atom. The van der Waals surface area contributed by atoms with Gasteiger partial charge in [0, 0.05) is 34.5 Å². The molecule has 0 heterocycles. The first-order valence-corrected chi connectivity index (χ1v) is 9.62. The van der Waals surface area contributed by atoms with Crippen LogP contribution in [0.3, 0.4) is 0 Å². The third-order valence-electron chi connectivity index (χ3n) is 4.62. The van der Waals surface area contributed by atoms with Crippen molar-refractivity contribution in [3.05, 3.63) is 93.5 Å². The number of esters is 1. The molecule has 32 heavy (non-hydrogen) atoms. The van der Waals surface area contributed by atoms with E-state index in [1.54, 1.807) is 55.5 Å². The number of nitro groups is 1. The number of carbonyl (C=O) groups is 2. The van der Waals surface area contributed by atoms with Gasteiger partial charge < -0.3 is 15.8 Å². The van der Waals surface area contributed by atoms with Crippen molar-refractivity contribution >= 4 is 29.1 Å². The molecule has 0 unspecified atom stereocenters. The van der Waals surface area contributed by atoms with Crippen molar-refractivity contribution in [2.24, 2.45) is 5.73 Å². The number of amides is 1. The standard InChI is InChI=1S/C23H20N4O5/c1-2-32-23(29)19-12-11-16(27(30)31)13-20(19)17-5-3-4-6-18(17)22(28)26-15-9-7-14(8-10-15)21(24)25/h3-13H,2H2,1H3,(H3,24,25)(H,26,28). The molecule has 0 fully saturated rings. The highest BCUT2D eigenvalue weighted by atomic mass is 16.6. The first kappa shape index (κ1) is 22.2. The molecule has 0 atom stereocenters. The maximum absolute atomic E-state index is 13.0. The Balaban J connectivity index is 2.04. The van der Waals surface area contributed by atoms with Crippen LogP contribution in [-0.4, -0.2) is 29.2 Å². The Bertz CT molecular complexity index is 1210. The molecular formula is C23H20N4O5. The number of benzene rings is 3. The van der Waals surface area contributed by atoms with Gasteiger partial charge in [-0.2, -0.15) is 0 Å². The molecule has 3 aromatic carbocycles. The summed E-state index contributed by atoms with van der Waals surface area (Å²) in [5, 5.41) is 21.5. The van der Waals surface area contributed by atoms with E-state index in [0.717, 1.165) is 0 Å². The molecule has 0 aliphatic carbocycles. The number of nitrogens with one attached hydrogen (secondary N) is 2. The number of rotatable bonds is 7. The molecule has 0 bridgehead atoms. The zero-order valence-electron chi connectivity index (χ0n) is 17.1. The highest BCUT2D eigenvalue weighted by Gasteiger charge is 2.22. The molecule has 3 aromatic rings. The first-order valence-electron chi connectivity index (χ1n) is 9.62. The number of carbonyl (C=O) groups excluding carboxylic acids is 2. The Hall–Kier alpha value is -4.53. The lowest BCUT2D eigenvalue weighted by Crippen LogP contribution is -2.15. The van der Waals surface area contributed by atoms with Crippen LogP contribution in [0.5, 0.6) is 0 Å². The van der Waals surface area contributed by atoms with E-state index < -0.39 is 16.8 Å². The zero-order valence-corrected chi connectivity index (χ0v) is 17.1. The molecule has 162 valence electrons. The van der Waals surface area contributed by atoms with Gasteiger partial charge in [-0.1, -0.05) is 18.2 Å². The van der Waals surface area contributed by atoms with Gasteiger partial charge >= 0.3 is 5.97 Å². The van der Waals surface area contributed by atoms with E-state index in [-0.39, 0.29) is 34.8 Å². The molecule has 0 saturated heterocycles. The van der Waals surface area contributed by atoms with E-state index in [0.29, 0.717) is 16.8 Å². The molecule has 4 N–H and O–H groups in total. The van der Waals surface area contributed by atoms with Crippen LogP contribution >= 0.6 is 0 Å². The number of anilines is 1. The van der Waals surface area contributed by atoms with Crippen molar-refractivity contribution in [1.29, 1.82) is 5.41 Å². The van der Waals surface area contributed by atoms with Gasteiger partial charge in [0.2, 0.25) is 0 Å². The van der Waals surface area contributed by atoms with Crippen LogP contribution in [0.2, 0.25) is 0 Å². The summed E-state index contributed by atoms with van der Waals surface area (Å²) in [4.78, 5) is 36.2. The van der Waals surface area contributed by atoms with Crippen molar-refractivity contribution in [1.82, 2.24) is 0 Å². The van der Waals surface area contributed by atoms with E-state index in [1.807, 2.05) is 0 Å². The average molecular weight is 432 g/mol. The summed E-state index contributed by atoms with van der Waals surface area (Å²) in [5.41, 5.74) is 7.10. The molecule has 3 rings (SSSR count). The van der Waals surface area contributed by atoms with Gasteiger partial charge in [0.05, 0.1) is 17.1 Å². The predicted octanol–water partition coefficient (Wildman–Crippen LogP) is 3.97. The molecule has 0 saturated carbocycles. The highest BCUT2D eigenvalue weighted by molar-refractivity contribution is 6.10. The molecular weight excluding hydrogens is 412 g/mol. The number of nitrogens with two attached hydrogens (primary N) is 1. The lowest BCUT2D eigenvalue weighted by atomic mass is 9.94. The topological polar surface area (TPSA) is 148 Å². The monoisotopic (exact) mass is 432 g/mol. The van der Waals surface area contributed by atoms with E-state index in [9.17, 15) is 19.7 Å². The second kappa shape index (κ2) is 9.52. The summed E-state index contributed by atoms with van der Waals surface area (Å²) in [7, 11) is 0. The van der Waals surface area contributed by atoms with Gasteiger partial charge in [0.25, 0.3) is 11.6 Å². The maximum atomic E-state index is 13.0. The van der Waals surface area contributed by atoms with Gasteiger partial charge in [-0.25, -0.2) is 4.79 Å². The summed E-state index contributed by atoms with van der Waals surface area (Å²) in [6, 6.07) is 16.7. The number of hydrogen-bond donors (Lipinski definition) is 3. The van der Waals surface area contributed by atoms with E-state index in [2.05, 4.69) is 5.32 Å². The van der Waals surface area contributed by atoms with Gasteiger partial charge in [0.1, 0.15) is 5.84 Å². The first-order chi connectivity index (χ1) is 15.3. The number of nitrogen functional groups attached to an aromatic ring is 1. The lowest BCUT2D eigenvalue weighted by molar-refractivity contribution is -0.384. The van der Waals surface area contributed by atoms with Gasteiger partial charge in [-0.3, -0.25) is 20.3 Å². The fraction of sp³-hybridized carbons (Fsp3) is 0.0870. The molecule has 0 aliphatic rings. The van der Waals surface area contributed by atoms with Gasteiger partial charge in [-0.15, -0.1) is 0 Å². The second-order valence-electron chi connectivity index (χ2n) is 6.70. The van der Waals surface area contributed by atoms with Crippen LogP contribution in [0.4, 0.5) is 11.4 Å². The average Bonchev–Trinajstić information content (AvgIpc) is 2.79. The number of nitro benzene ring substituents is 1. The maximum Gasteiger partial charge on any atom is 0.338 e. The minimum Gasteiger partial charge on any atom is -0.462 e. The zero-order chi connectivity index (χ0) is 23.3. The Labute approximate surface area is 183 Å². The predicted molar refractivity (Wildman–Crippen MR) is 120 cm³/mol. The third kappa shape index (κ3) is 4.78. The van der Waals surface area contributed by atoms with Gasteiger partial charge in [-0.05, 0) is 48.9 Å². The summed E-state index contributed by atoms with van der Waals surface area (Å²) < 4.78 is 5.08. The molecule has 0 spiro atoms. The second-order valence-corrected chi connectivity index (χ2v) is 6.70. The molecule has 0 aromatic heterocycles. The largest absolute Gasteiger partial charge is 0.462 e. The van der Waals surface area contributed by atoms with Crippen LogP contribution < -0.4 is 11.1 Å². The number of ether oxygens (including phenoxy) is 1. The summed E-state index contributed by atoms with van der Waals surface area (Å²) >= 11 is 0. The molecule has 0 aliphatic heterocycles. The Morgan fingerprint density at radius 1 is 1.03 bits per heavy atom. The van der Waals surface area contributed by atoms with Crippen molar-refractivity contribution in [2.75, 3.05) is 11.9 Å². The van der Waals surface area contributed by atoms with Gasteiger partial charge in [0.15, 0.2) is 0 Å². The summed E-state index contributed by atoms with van der Waals surface area (Å²) in [6.07, 6.45) is 0. The molecule has 0 radical (unpaired) electrons. The van der Waals surface area contributed by atoms with Crippen molar-refractivity contribution in [3.8, 4) is 11.1 Å². The smallest absolute Gasteiger partial charge is 0.338 e. The molecule has 9 heteroatoms. The van der Waals surface area contributed by atoms with Crippen LogP contribution in [0, 0.1) is 15.5 Å². The van der Waals surface area contributed by atoms with E-state index >= 15 is 0 Å². The molecule has 9 nitrogen and oxygen atoms in total. The van der Waals surface area contributed by atoms with Crippen molar-refractivity contribution in [3.63, 3.8) is 0 Å². The van der Waals surface area contributed by atoms with E-state index in [1.165, 1.54) is 18.2 Å². The molecule has 1 amide bonds. The van der Waals surface area contributed by atoms with E-state index in [4.69, 9.17) is 15.9 Å². The summed E-state index contributed by atoms with van der Waals surface area (Å²) in [5.74, 6) is -1.21. The minimum absolute atomic E-state index is 0.0922. The lowest BCUT2D eigenvalue weighted by Gasteiger charge is -2.14. The normalized spacial score (nSPS) is 10.3. The van der Waals surface area contributed by atoms with Crippen LogP contribution in [0.1, 0.15) is 33.2 Å². The fourth-order valence-electron chi connectivity index (χ4n) is 3.10. The number of amidine groups is 1. The van der Waals surface area contributed by atoms with Crippen LogP contribution in [0.25, 0.3) is 11.1 Å². The Kier molecular flexibility index (Phi) is 6.59. The number of non-ortho nitro benzene ring substituents is 1. The minimum atomic E-state index is -0.646. The fourth-order valence-corrected chi connectivity index (χ4v) is 3.10. The summed E-state index contributed by atoms with van der Waals surface area (Å²) in [6.45, 7) is 1.79. The van der Waals surface area contributed by atoms with Crippen molar-refractivity contribution < 1.29 is 19.2 Å². The van der Waals surface area contributed by atoms with Crippen LogP contribution in [0.15, 0.2) is 66.7 Å².